The van der Waals surface area contributed by atoms with Gasteiger partial charge in [-0.3, -0.25) is 4.79 Å². The number of carbonyl (C=O) groups excluding carboxylic acids is 1. The van der Waals surface area contributed by atoms with E-state index < -0.39 is 12.4 Å². The van der Waals surface area contributed by atoms with Crippen molar-refractivity contribution in [3.8, 4) is 5.75 Å². The summed E-state index contributed by atoms with van der Waals surface area (Å²) in [6.07, 6.45) is -4.14. The Morgan fingerprint density at radius 2 is 1.76 bits per heavy atom. The third kappa shape index (κ3) is 9.19. The van der Waals surface area contributed by atoms with E-state index in [-0.39, 0.29) is 23.1 Å². The van der Waals surface area contributed by atoms with Crippen LogP contribution in [0.2, 0.25) is 0 Å². The molecule has 1 aromatic rings. The molecular weight excluding hydrogens is 335 g/mol. The molecule has 1 rings (SSSR count). The average Bonchev–Trinajstić information content (AvgIpc) is 2.43. The minimum absolute atomic E-state index is 0.0432. The summed E-state index contributed by atoms with van der Waals surface area (Å²) in [5.41, 5.74) is 6.46. The van der Waals surface area contributed by atoms with Crippen LogP contribution in [-0.4, -0.2) is 30.9 Å². The van der Waals surface area contributed by atoms with Crippen LogP contribution in [-0.2, 0) is 4.79 Å². The minimum Gasteiger partial charge on any atom is -0.406 e. The van der Waals surface area contributed by atoms with Gasteiger partial charge in [-0.05, 0) is 43.0 Å². The maximum absolute atomic E-state index is 12.1. The fourth-order valence-corrected chi connectivity index (χ4v) is 2.20. The highest BCUT2D eigenvalue weighted by atomic mass is 19.4. The lowest BCUT2D eigenvalue weighted by molar-refractivity contribution is -0.274. The lowest BCUT2D eigenvalue weighted by atomic mass is 9.88. The Bertz CT molecular complexity index is 554. The first-order chi connectivity index (χ1) is 11.4. The van der Waals surface area contributed by atoms with Gasteiger partial charge in [0.05, 0.1) is 6.04 Å². The molecule has 0 heterocycles. The highest BCUT2D eigenvalue weighted by Gasteiger charge is 2.31. The van der Waals surface area contributed by atoms with Crippen LogP contribution in [0.1, 0.15) is 34.1 Å². The molecule has 2 atom stereocenters. The summed E-state index contributed by atoms with van der Waals surface area (Å²) < 4.78 is 40.1. The number of rotatable bonds is 7. The van der Waals surface area contributed by atoms with Gasteiger partial charge < -0.3 is 21.1 Å². The molecule has 0 unspecified atom stereocenters. The molecule has 0 saturated heterocycles. The monoisotopic (exact) mass is 361 g/mol. The number of nitrogens with one attached hydrogen (secondary N) is 2. The van der Waals surface area contributed by atoms with Gasteiger partial charge in [0.1, 0.15) is 5.75 Å². The Kier molecular flexibility index (Phi) is 7.10. The first kappa shape index (κ1) is 21.1. The van der Waals surface area contributed by atoms with Crippen molar-refractivity contribution in [3.05, 3.63) is 24.3 Å². The SMILES string of the molecule is C[C@@H](CNc1ccc(OC(F)(F)F)cc1)NC(=O)[C@@H](N)CC(C)(C)C. The number of amides is 1. The van der Waals surface area contributed by atoms with Crippen molar-refractivity contribution in [2.75, 3.05) is 11.9 Å². The normalized spacial score (nSPS) is 14.6. The molecular formula is C17H26F3N3O2. The van der Waals surface area contributed by atoms with Gasteiger partial charge in [0, 0.05) is 18.3 Å². The zero-order valence-electron chi connectivity index (χ0n) is 14.9. The van der Waals surface area contributed by atoms with Gasteiger partial charge in [-0.25, -0.2) is 0 Å². The Balaban J connectivity index is 2.43. The zero-order valence-corrected chi connectivity index (χ0v) is 14.9. The topological polar surface area (TPSA) is 76.4 Å². The predicted molar refractivity (Wildman–Crippen MR) is 91.3 cm³/mol. The standard InChI is InChI=1S/C17H26F3N3O2/c1-11(23-15(24)14(21)9-16(2,3)4)10-22-12-5-7-13(8-6-12)25-17(18,19)20/h5-8,11,14,22H,9-10,21H2,1-4H3,(H,23,24)/t11-,14-/m0/s1. The predicted octanol–water partition coefficient (Wildman–Crippen LogP) is 3.27. The quantitative estimate of drug-likeness (QED) is 0.697. The van der Waals surface area contributed by atoms with Gasteiger partial charge in [-0.1, -0.05) is 20.8 Å². The summed E-state index contributed by atoms with van der Waals surface area (Å²) in [5.74, 6) is -0.509. The van der Waals surface area contributed by atoms with Crippen LogP contribution in [0.5, 0.6) is 5.75 Å². The summed E-state index contributed by atoms with van der Waals surface area (Å²) in [6, 6.07) is 4.62. The summed E-state index contributed by atoms with van der Waals surface area (Å²) in [4.78, 5) is 12.0. The van der Waals surface area contributed by atoms with Crippen LogP contribution in [0.25, 0.3) is 0 Å². The fourth-order valence-electron chi connectivity index (χ4n) is 2.20. The molecule has 1 aromatic carbocycles. The number of hydrogen-bond acceptors (Lipinski definition) is 4. The lowest BCUT2D eigenvalue weighted by Gasteiger charge is -2.24. The molecule has 0 radical (unpaired) electrons. The average molecular weight is 361 g/mol. The van der Waals surface area contributed by atoms with E-state index in [1.54, 1.807) is 0 Å². The van der Waals surface area contributed by atoms with Gasteiger partial charge in [-0.2, -0.15) is 0 Å². The largest absolute Gasteiger partial charge is 0.573 e. The number of benzene rings is 1. The van der Waals surface area contributed by atoms with Gasteiger partial charge in [0.25, 0.3) is 0 Å². The Morgan fingerprint density at radius 1 is 1.20 bits per heavy atom. The molecule has 0 fully saturated rings. The van der Waals surface area contributed by atoms with E-state index in [1.165, 1.54) is 24.3 Å². The molecule has 8 heteroatoms. The van der Waals surface area contributed by atoms with Crippen molar-refractivity contribution < 1.29 is 22.7 Å². The fraction of sp³-hybridized carbons (Fsp3) is 0.588. The number of hydrogen-bond donors (Lipinski definition) is 3. The number of halogens is 3. The maximum atomic E-state index is 12.1. The number of nitrogens with two attached hydrogens (primary N) is 1. The van der Waals surface area contributed by atoms with E-state index >= 15 is 0 Å². The molecule has 4 N–H and O–H groups in total. The summed E-state index contributed by atoms with van der Waals surface area (Å²) in [7, 11) is 0. The molecule has 0 aliphatic rings. The van der Waals surface area contributed by atoms with Crippen LogP contribution in [0.3, 0.4) is 0 Å². The molecule has 0 bridgehead atoms. The third-order valence-electron chi connectivity index (χ3n) is 3.26. The Labute approximate surface area is 146 Å². The summed E-state index contributed by atoms with van der Waals surface area (Å²) >= 11 is 0. The number of carbonyl (C=O) groups is 1. The highest BCUT2D eigenvalue weighted by Crippen LogP contribution is 2.24. The van der Waals surface area contributed by atoms with Gasteiger partial charge in [0.15, 0.2) is 0 Å². The molecule has 5 nitrogen and oxygen atoms in total. The zero-order chi connectivity index (χ0) is 19.3. The van der Waals surface area contributed by atoms with E-state index in [4.69, 9.17) is 5.73 Å². The number of anilines is 1. The summed E-state index contributed by atoms with van der Waals surface area (Å²) in [6.45, 7) is 8.26. The van der Waals surface area contributed by atoms with Crippen molar-refractivity contribution in [1.29, 1.82) is 0 Å². The van der Waals surface area contributed by atoms with Crippen LogP contribution in [0.4, 0.5) is 18.9 Å². The lowest BCUT2D eigenvalue weighted by Crippen LogP contribution is -2.47. The molecule has 1 amide bonds. The van der Waals surface area contributed by atoms with Crippen molar-refractivity contribution in [2.45, 2.75) is 52.6 Å². The van der Waals surface area contributed by atoms with Crippen molar-refractivity contribution >= 4 is 11.6 Å². The molecule has 0 aliphatic heterocycles. The molecule has 25 heavy (non-hydrogen) atoms. The first-order valence-corrected chi connectivity index (χ1v) is 8.01. The Morgan fingerprint density at radius 3 is 2.24 bits per heavy atom. The van der Waals surface area contributed by atoms with Crippen LogP contribution >= 0.6 is 0 Å². The molecule has 0 saturated carbocycles. The van der Waals surface area contributed by atoms with Crippen molar-refractivity contribution in [2.24, 2.45) is 11.1 Å². The van der Waals surface area contributed by atoms with Crippen molar-refractivity contribution in [1.82, 2.24) is 5.32 Å². The van der Waals surface area contributed by atoms with Gasteiger partial charge in [-0.15, -0.1) is 13.2 Å². The van der Waals surface area contributed by atoms with Crippen LogP contribution in [0, 0.1) is 5.41 Å². The number of alkyl halides is 3. The van der Waals surface area contributed by atoms with E-state index in [2.05, 4.69) is 15.4 Å². The second-order valence-electron chi connectivity index (χ2n) is 7.23. The summed E-state index contributed by atoms with van der Waals surface area (Å²) in [5, 5.41) is 5.85. The third-order valence-corrected chi connectivity index (χ3v) is 3.26. The van der Waals surface area contributed by atoms with Gasteiger partial charge in [0.2, 0.25) is 5.91 Å². The van der Waals surface area contributed by atoms with Gasteiger partial charge >= 0.3 is 6.36 Å². The molecule has 0 aromatic heterocycles. The van der Waals surface area contributed by atoms with E-state index in [0.717, 1.165) is 0 Å². The van der Waals surface area contributed by atoms with Crippen LogP contribution in [0.15, 0.2) is 24.3 Å². The van der Waals surface area contributed by atoms with Crippen LogP contribution < -0.4 is 21.1 Å². The second-order valence-corrected chi connectivity index (χ2v) is 7.23. The molecule has 0 aliphatic carbocycles. The number of ether oxygens (including phenoxy) is 1. The van der Waals surface area contributed by atoms with E-state index in [0.29, 0.717) is 18.7 Å². The smallest absolute Gasteiger partial charge is 0.406 e. The highest BCUT2D eigenvalue weighted by molar-refractivity contribution is 5.81. The Hall–Kier alpha value is -1.96. The van der Waals surface area contributed by atoms with E-state index in [9.17, 15) is 18.0 Å². The van der Waals surface area contributed by atoms with Crippen molar-refractivity contribution in [3.63, 3.8) is 0 Å². The second kappa shape index (κ2) is 8.42. The minimum atomic E-state index is -4.71. The van der Waals surface area contributed by atoms with E-state index in [1.807, 2.05) is 27.7 Å². The first-order valence-electron chi connectivity index (χ1n) is 8.01. The maximum Gasteiger partial charge on any atom is 0.573 e. The molecule has 142 valence electrons. The molecule has 0 spiro atoms.